The molecule has 0 bridgehead atoms. The van der Waals surface area contributed by atoms with Crippen molar-refractivity contribution in [3.8, 4) is 0 Å². The number of nitrogens with one attached hydrogen (secondary N) is 3. The number of amides is 4. The van der Waals surface area contributed by atoms with Crippen LogP contribution in [0.4, 0.5) is 4.79 Å². The van der Waals surface area contributed by atoms with Gasteiger partial charge >= 0.3 is 6.03 Å². The third-order valence-corrected chi connectivity index (χ3v) is 9.34. The zero-order valence-electron chi connectivity index (χ0n) is 23.4. The van der Waals surface area contributed by atoms with E-state index in [1.165, 1.54) is 6.92 Å². The highest BCUT2D eigenvalue weighted by atomic mass is 16.2. The van der Waals surface area contributed by atoms with Gasteiger partial charge < -0.3 is 20.9 Å². The van der Waals surface area contributed by atoms with Crippen molar-refractivity contribution >= 4 is 29.4 Å². The van der Waals surface area contributed by atoms with E-state index in [1.807, 2.05) is 27.7 Å². The SMILES string of the molecule is CC(=O)C(=O)C(CC1CCC1)NC(=O)[C@@H]1C2C(CN1C(=O)[C@@H](NC(=O)NC1(C)CC1)C(C)(C)C)C2(C)C. The highest BCUT2D eigenvalue weighted by Crippen LogP contribution is 2.65. The van der Waals surface area contributed by atoms with E-state index in [0.29, 0.717) is 18.9 Å². The largest absolute Gasteiger partial charge is 0.344 e. The van der Waals surface area contributed by atoms with Crippen molar-refractivity contribution in [2.75, 3.05) is 6.54 Å². The molecule has 3 saturated carbocycles. The summed E-state index contributed by atoms with van der Waals surface area (Å²) >= 11 is 0. The lowest BCUT2D eigenvalue weighted by Gasteiger charge is -2.38. The number of ketones is 2. The van der Waals surface area contributed by atoms with Gasteiger partial charge in [0.1, 0.15) is 12.1 Å². The molecule has 0 aromatic carbocycles. The van der Waals surface area contributed by atoms with Crippen LogP contribution in [0.1, 0.15) is 87.0 Å². The number of likely N-dealkylation sites (tertiary alicyclic amines) is 1. The van der Waals surface area contributed by atoms with E-state index in [1.54, 1.807) is 4.90 Å². The predicted octanol–water partition coefficient (Wildman–Crippen LogP) is 2.57. The third kappa shape index (κ3) is 5.55. The minimum Gasteiger partial charge on any atom is -0.344 e. The van der Waals surface area contributed by atoms with Crippen molar-refractivity contribution in [1.82, 2.24) is 20.9 Å². The number of nitrogens with zero attached hydrogens (tertiary/aromatic N) is 1. The van der Waals surface area contributed by atoms with Crippen molar-refractivity contribution in [2.45, 2.75) is 111 Å². The van der Waals surface area contributed by atoms with Crippen molar-refractivity contribution in [3.63, 3.8) is 0 Å². The fraction of sp³-hybridized carbons (Fsp3) is 0.821. The second kappa shape index (κ2) is 9.38. The van der Waals surface area contributed by atoms with Crippen LogP contribution in [0, 0.1) is 28.6 Å². The number of hydrogen-bond acceptors (Lipinski definition) is 5. The highest BCUT2D eigenvalue weighted by molar-refractivity contribution is 6.38. The fourth-order valence-corrected chi connectivity index (χ4v) is 6.18. The molecule has 3 unspecified atom stereocenters. The van der Waals surface area contributed by atoms with Gasteiger partial charge in [-0.25, -0.2) is 4.79 Å². The molecule has 4 rings (SSSR count). The first kappa shape index (κ1) is 27.6. The van der Waals surface area contributed by atoms with Gasteiger partial charge in [-0.15, -0.1) is 0 Å². The van der Waals surface area contributed by atoms with Gasteiger partial charge in [-0.1, -0.05) is 53.9 Å². The number of fused-ring (bicyclic) bond motifs is 1. The van der Waals surface area contributed by atoms with Gasteiger partial charge in [0.2, 0.25) is 17.6 Å². The van der Waals surface area contributed by atoms with Crippen LogP contribution in [-0.2, 0) is 19.2 Å². The van der Waals surface area contributed by atoms with Crippen molar-refractivity contribution in [1.29, 1.82) is 0 Å². The van der Waals surface area contributed by atoms with Gasteiger partial charge in [-0.05, 0) is 54.8 Å². The van der Waals surface area contributed by atoms with Crippen molar-refractivity contribution < 1.29 is 24.0 Å². The fourth-order valence-electron chi connectivity index (χ4n) is 6.18. The molecule has 0 spiro atoms. The Labute approximate surface area is 220 Å². The maximum absolute atomic E-state index is 13.9. The minimum absolute atomic E-state index is 0.0342. The predicted molar refractivity (Wildman–Crippen MR) is 138 cm³/mol. The first-order chi connectivity index (χ1) is 17.0. The molecular formula is C28H44N4O5. The molecule has 5 atom stereocenters. The number of carbonyl (C=O) groups excluding carboxylic acids is 5. The molecule has 37 heavy (non-hydrogen) atoms. The Morgan fingerprint density at radius 3 is 2.11 bits per heavy atom. The molecule has 9 heteroatoms. The summed E-state index contributed by atoms with van der Waals surface area (Å²) in [4.78, 5) is 66.6. The summed E-state index contributed by atoms with van der Waals surface area (Å²) in [5.74, 6) is -1.37. The van der Waals surface area contributed by atoms with Crippen LogP contribution in [0.15, 0.2) is 0 Å². The first-order valence-corrected chi connectivity index (χ1v) is 13.8. The molecule has 206 valence electrons. The van der Waals surface area contributed by atoms with E-state index in [2.05, 4.69) is 29.8 Å². The molecule has 0 radical (unpaired) electrons. The van der Waals surface area contributed by atoms with E-state index in [0.717, 1.165) is 32.1 Å². The monoisotopic (exact) mass is 516 g/mol. The lowest BCUT2D eigenvalue weighted by molar-refractivity contribution is -0.145. The zero-order chi connectivity index (χ0) is 27.5. The van der Waals surface area contributed by atoms with Crippen molar-refractivity contribution in [2.24, 2.45) is 28.6 Å². The standard InChI is InChI=1S/C28H44N4O5/c1-15(33)21(34)18(13-16-9-8-10-16)29-23(35)20-19-17(27(19,5)6)14-32(20)24(36)22(26(2,3)4)30-25(37)31-28(7)11-12-28/h16-20,22H,8-14H2,1-7H3,(H,29,35)(H2,30,31,37)/t17?,18?,19?,20-,22+/m0/s1. The Kier molecular flexibility index (Phi) is 6.99. The number of carbonyl (C=O) groups is 5. The van der Waals surface area contributed by atoms with Crippen LogP contribution in [0.3, 0.4) is 0 Å². The quantitative estimate of drug-likeness (QED) is 0.406. The summed E-state index contributed by atoms with van der Waals surface area (Å²) in [6, 6.07) is -2.82. The van der Waals surface area contributed by atoms with E-state index in [-0.39, 0.29) is 40.6 Å². The number of hydrogen-bond donors (Lipinski definition) is 3. The number of Topliss-reactive ketones (excluding diaryl/α,β-unsaturated/α-hetero) is 2. The van der Waals surface area contributed by atoms with Crippen LogP contribution < -0.4 is 16.0 Å². The van der Waals surface area contributed by atoms with E-state index >= 15 is 0 Å². The van der Waals surface area contributed by atoms with Crippen LogP contribution in [0.25, 0.3) is 0 Å². The summed E-state index contributed by atoms with van der Waals surface area (Å²) in [5.41, 5.74) is -0.912. The van der Waals surface area contributed by atoms with E-state index in [9.17, 15) is 24.0 Å². The second-order valence-electron chi connectivity index (χ2n) is 13.9. The lowest BCUT2D eigenvalue weighted by atomic mass is 9.79. The Bertz CT molecular complexity index is 991. The Balaban J connectivity index is 1.53. The minimum atomic E-state index is -0.866. The molecule has 1 aliphatic heterocycles. The van der Waals surface area contributed by atoms with Crippen molar-refractivity contribution in [3.05, 3.63) is 0 Å². The van der Waals surface area contributed by atoms with Gasteiger partial charge in [-0.2, -0.15) is 0 Å². The molecule has 4 fully saturated rings. The normalized spacial score (nSPS) is 28.7. The van der Waals surface area contributed by atoms with Crippen LogP contribution in [0.2, 0.25) is 0 Å². The topological polar surface area (TPSA) is 125 Å². The molecule has 0 aromatic rings. The number of rotatable bonds is 9. The molecule has 3 N–H and O–H groups in total. The average Bonchev–Trinajstić information content (AvgIpc) is 3.51. The molecule has 3 aliphatic carbocycles. The molecule has 1 saturated heterocycles. The molecule has 1 heterocycles. The van der Waals surface area contributed by atoms with Gasteiger partial charge in [-0.3, -0.25) is 19.2 Å². The number of urea groups is 1. The van der Waals surface area contributed by atoms with E-state index in [4.69, 9.17) is 0 Å². The molecule has 0 aromatic heterocycles. The summed E-state index contributed by atoms with van der Waals surface area (Å²) in [6.07, 6.45) is 5.33. The van der Waals surface area contributed by atoms with E-state index < -0.39 is 35.1 Å². The van der Waals surface area contributed by atoms with Gasteiger partial charge in [0.15, 0.2) is 5.78 Å². The van der Waals surface area contributed by atoms with Gasteiger partial charge in [0.05, 0.1) is 6.04 Å². The zero-order valence-corrected chi connectivity index (χ0v) is 23.4. The lowest BCUT2D eigenvalue weighted by Crippen LogP contribution is -2.61. The summed E-state index contributed by atoms with van der Waals surface area (Å²) in [7, 11) is 0. The Morgan fingerprint density at radius 2 is 1.62 bits per heavy atom. The summed E-state index contributed by atoms with van der Waals surface area (Å²) in [5, 5.41) is 8.71. The van der Waals surface area contributed by atoms with Gasteiger partial charge in [0.25, 0.3) is 0 Å². The maximum atomic E-state index is 13.9. The first-order valence-electron chi connectivity index (χ1n) is 13.8. The smallest absolute Gasteiger partial charge is 0.315 e. The Morgan fingerprint density at radius 1 is 1.00 bits per heavy atom. The Hall–Kier alpha value is -2.45. The maximum Gasteiger partial charge on any atom is 0.315 e. The molecule has 4 amide bonds. The number of piperidine rings is 1. The highest BCUT2D eigenvalue weighted by Gasteiger charge is 2.70. The van der Waals surface area contributed by atoms with Crippen LogP contribution in [0.5, 0.6) is 0 Å². The van der Waals surface area contributed by atoms with Crippen LogP contribution >= 0.6 is 0 Å². The molecular weight excluding hydrogens is 472 g/mol. The van der Waals surface area contributed by atoms with Gasteiger partial charge in [0, 0.05) is 19.0 Å². The molecule has 4 aliphatic rings. The summed E-state index contributed by atoms with van der Waals surface area (Å²) in [6.45, 7) is 13.5. The third-order valence-electron chi connectivity index (χ3n) is 9.34. The second-order valence-corrected chi connectivity index (χ2v) is 13.9. The van der Waals surface area contributed by atoms with Crippen LogP contribution in [-0.4, -0.2) is 64.5 Å². The summed E-state index contributed by atoms with van der Waals surface area (Å²) < 4.78 is 0. The average molecular weight is 517 g/mol. The molecule has 9 nitrogen and oxygen atoms in total.